The van der Waals surface area contributed by atoms with E-state index in [1.165, 1.54) is 0 Å². The van der Waals surface area contributed by atoms with Crippen LogP contribution in [-0.2, 0) is 0 Å². The minimum absolute atomic E-state index is 0.517. The highest BCUT2D eigenvalue weighted by molar-refractivity contribution is 5.72. The molecule has 0 spiro atoms. The molecule has 0 fully saturated rings. The molecule has 1 aromatic heterocycles. The van der Waals surface area contributed by atoms with E-state index in [0.29, 0.717) is 11.3 Å². The second kappa shape index (κ2) is 2.19. The van der Waals surface area contributed by atoms with Crippen molar-refractivity contribution in [1.29, 1.82) is 0 Å². The first-order valence-electron chi connectivity index (χ1n) is 2.47. The van der Waals surface area contributed by atoms with Crippen LogP contribution in [0.5, 0.6) is 0 Å². The minimum Gasteiger partial charge on any atom is -0.358 e. The number of rotatable bonds is 1. The fourth-order valence-electron chi connectivity index (χ4n) is 0.563. The number of aromatic amines is 1. The minimum atomic E-state index is 0.517. The summed E-state index contributed by atoms with van der Waals surface area (Å²) in [6.45, 7) is 0. The molecule has 2 heteroatoms. The van der Waals surface area contributed by atoms with Gasteiger partial charge in [-0.1, -0.05) is 5.92 Å². The predicted octanol–water partition coefficient (Wildman–Crippen LogP) is 0.808. The maximum atomic E-state index is 10.0. The zero-order chi connectivity index (χ0) is 6.69. The van der Waals surface area contributed by atoms with Gasteiger partial charge < -0.3 is 4.98 Å². The smallest absolute Gasteiger partial charge is 0.166 e. The van der Waals surface area contributed by atoms with Gasteiger partial charge in [0.2, 0.25) is 0 Å². The topological polar surface area (TPSA) is 32.9 Å². The monoisotopic (exact) mass is 119 g/mol. The summed E-state index contributed by atoms with van der Waals surface area (Å²) in [7, 11) is 0. The highest BCUT2D eigenvalue weighted by Gasteiger charge is 1.91. The van der Waals surface area contributed by atoms with Crippen molar-refractivity contribution in [3.05, 3.63) is 23.5 Å². The second-order valence-corrected chi connectivity index (χ2v) is 1.61. The Kier molecular flexibility index (Phi) is 1.37. The third kappa shape index (κ3) is 1.000. The molecule has 0 amide bonds. The van der Waals surface area contributed by atoms with Gasteiger partial charge in [-0.3, -0.25) is 4.79 Å². The SMILES string of the molecule is C#Cc1c[nH]c(C=O)c1. The normalized spacial score (nSPS) is 8.33. The lowest BCUT2D eigenvalue weighted by molar-refractivity contribution is 0.111. The van der Waals surface area contributed by atoms with E-state index >= 15 is 0 Å². The average molecular weight is 119 g/mol. The molecule has 2 nitrogen and oxygen atoms in total. The first-order chi connectivity index (χ1) is 4.36. The molecule has 1 rings (SSSR count). The van der Waals surface area contributed by atoms with E-state index in [0.717, 1.165) is 6.29 Å². The fraction of sp³-hybridized carbons (Fsp3) is 0. The van der Waals surface area contributed by atoms with E-state index in [2.05, 4.69) is 10.9 Å². The Morgan fingerprint density at radius 1 is 1.78 bits per heavy atom. The van der Waals surface area contributed by atoms with Gasteiger partial charge in [-0.2, -0.15) is 0 Å². The van der Waals surface area contributed by atoms with Crippen molar-refractivity contribution in [2.75, 3.05) is 0 Å². The van der Waals surface area contributed by atoms with Crippen molar-refractivity contribution in [3.8, 4) is 12.3 Å². The summed E-state index contributed by atoms with van der Waals surface area (Å²) in [6.07, 6.45) is 7.37. The number of carbonyl (C=O) groups is 1. The third-order valence-corrected chi connectivity index (χ3v) is 0.999. The summed E-state index contributed by atoms with van der Waals surface area (Å²) >= 11 is 0. The van der Waals surface area contributed by atoms with Crippen molar-refractivity contribution >= 4 is 6.29 Å². The number of H-pyrrole nitrogens is 1. The molecule has 0 aliphatic heterocycles. The first kappa shape index (κ1) is 5.64. The van der Waals surface area contributed by atoms with E-state index in [-0.39, 0.29) is 0 Å². The van der Waals surface area contributed by atoms with Crippen molar-refractivity contribution < 1.29 is 4.79 Å². The molecule has 0 aliphatic carbocycles. The van der Waals surface area contributed by atoms with E-state index in [9.17, 15) is 4.79 Å². The highest BCUT2D eigenvalue weighted by atomic mass is 16.1. The number of carbonyl (C=O) groups excluding carboxylic acids is 1. The molecule has 1 aromatic rings. The van der Waals surface area contributed by atoms with Crippen LogP contribution in [0.3, 0.4) is 0 Å². The Hall–Kier alpha value is -1.49. The number of aldehydes is 1. The number of nitrogens with one attached hydrogen (secondary N) is 1. The van der Waals surface area contributed by atoms with Crippen LogP contribution in [0, 0.1) is 12.3 Å². The van der Waals surface area contributed by atoms with Crippen LogP contribution in [0.4, 0.5) is 0 Å². The maximum absolute atomic E-state index is 10.0. The molecular formula is C7H5NO. The summed E-state index contributed by atoms with van der Waals surface area (Å²) in [4.78, 5) is 12.7. The lowest BCUT2D eigenvalue weighted by atomic mass is 10.3. The van der Waals surface area contributed by atoms with E-state index in [1.807, 2.05) is 0 Å². The Labute approximate surface area is 52.9 Å². The van der Waals surface area contributed by atoms with Gasteiger partial charge in [0.1, 0.15) is 0 Å². The predicted molar refractivity (Wildman–Crippen MR) is 34.1 cm³/mol. The van der Waals surface area contributed by atoms with E-state index in [4.69, 9.17) is 6.42 Å². The largest absolute Gasteiger partial charge is 0.358 e. The molecule has 44 valence electrons. The van der Waals surface area contributed by atoms with Crippen LogP contribution in [-0.4, -0.2) is 11.3 Å². The summed E-state index contributed by atoms with van der Waals surface area (Å²) in [6, 6.07) is 1.62. The fourth-order valence-corrected chi connectivity index (χ4v) is 0.563. The summed E-state index contributed by atoms with van der Waals surface area (Å²) in [5, 5.41) is 0. The van der Waals surface area contributed by atoms with Gasteiger partial charge in [-0.05, 0) is 6.07 Å². The van der Waals surface area contributed by atoms with Gasteiger partial charge in [0.25, 0.3) is 0 Å². The third-order valence-electron chi connectivity index (χ3n) is 0.999. The maximum Gasteiger partial charge on any atom is 0.166 e. The van der Waals surface area contributed by atoms with Gasteiger partial charge >= 0.3 is 0 Å². The Morgan fingerprint density at radius 2 is 2.56 bits per heavy atom. The van der Waals surface area contributed by atoms with Gasteiger partial charge in [0, 0.05) is 11.8 Å². The molecule has 0 aromatic carbocycles. The number of aromatic nitrogens is 1. The summed E-state index contributed by atoms with van der Waals surface area (Å²) in [5.74, 6) is 2.39. The Morgan fingerprint density at radius 3 is 2.89 bits per heavy atom. The zero-order valence-corrected chi connectivity index (χ0v) is 4.72. The van der Waals surface area contributed by atoms with Crippen LogP contribution in [0.15, 0.2) is 12.3 Å². The van der Waals surface area contributed by atoms with Gasteiger partial charge in [0.15, 0.2) is 6.29 Å². The molecule has 0 atom stereocenters. The molecule has 0 saturated carbocycles. The number of terminal acetylenes is 1. The molecule has 0 saturated heterocycles. The lowest BCUT2D eigenvalue weighted by Gasteiger charge is -1.71. The van der Waals surface area contributed by atoms with Crippen LogP contribution in [0.25, 0.3) is 0 Å². The molecule has 1 heterocycles. The van der Waals surface area contributed by atoms with Crippen molar-refractivity contribution in [2.45, 2.75) is 0 Å². The van der Waals surface area contributed by atoms with Crippen LogP contribution < -0.4 is 0 Å². The molecule has 9 heavy (non-hydrogen) atoms. The quantitative estimate of drug-likeness (QED) is 0.430. The van der Waals surface area contributed by atoms with Crippen molar-refractivity contribution in [3.63, 3.8) is 0 Å². The van der Waals surface area contributed by atoms with Crippen molar-refractivity contribution in [1.82, 2.24) is 4.98 Å². The van der Waals surface area contributed by atoms with Gasteiger partial charge in [-0.15, -0.1) is 6.42 Å². The van der Waals surface area contributed by atoms with Crippen LogP contribution >= 0.6 is 0 Å². The number of hydrogen-bond acceptors (Lipinski definition) is 1. The van der Waals surface area contributed by atoms with Crippen LogP contribution in [0.2, 0.25) is 0 Å². The first-order valence-corrected chi connectivity index (χ1v) is 2.47. The molecule has 0 aliphatic rings. The second-order valence-electron chi connectivity index (χ2n) is 1.61. The molecule has 0 unspecified atom stereocenters. The standard InChI is InChI=1S/C7H5NO/c1-2-6-3-7(5-9)8-4-6/h1,3-5,8H. The summed E-state index contributed by atoms with van der Waals surface area (Å²) < 4.78 is 0. The van der Waals surface area contributed by atoms with E-state index < -0.39 is 0 Å². The average Bonchev–Trinajstić information content (AvgIpc) is 2.34. The molecular weight excluding hydrogens is 114 g/mol. The van der Waals surface area contributed by atoms with Gasteiger partial charge in [-0.25, -0.2) is 0 Å². The molecule has 0 radical (unpaired) electrons. The lowest BCUT2D eigenvalue weighted by Crippen LogP contribution is -1.72. The number of hydrogen-bond donors (Lipinski definition) is 1. The molecule has 0 bridgehead atoms. The summed E-state index contributed by atoms with van der Waals surface area (Å²) in [5.41, 5.74) is 1.22. The van der Waals surface area contributed by atoms with Crippen molar-refractivity contribution in [2.24, 2.45) is 0 Å². The zero-order valence-electron chi connectivity index (χ0n) is 4.72. The molecule has 1 N–H and O–H groups in total. The van der Waals surface area contributed by atoms with Crippen LogP contribution in [0.1, 0.15) is 16.1 Å². The van der Waals surface area contributed by atoms with E-state index in [1.54, 1.807) is 12.3 Å². The Balaban J connectivity index is 3.03. The highest BCUT2D eigenvalue weighted by Crippen LogP contribution is 1.97. The van der Waals surface area contributed by atoms with Gasteiger partial charge in [0.05, 0.1) is 5.69 Å². The Bertz CT molecular complexity index is 254.